The van der Waals surface area contributed by atoms with Crippen molar-refractivity contribution in [2.45, 2.75) is 25.9 Å². The second-order valence-corrected chi connectivity index (χ2v) is 10.4. The molecule has 0 saturated carbocycles. The number of morpholine rings is 1. The van der Waals surface area contributed by atoms with Crippen LogP contribution in [0.2, 0.25) is 0 Å². The van der Waals surface area contributed by atoms with E-state index in [0.717, 1.165) is 78.8 Å². The highest BCUT2D eigenvalue weighted by molar-refractivity contribution is 5.86. The molecule has 6 heterocycles. The van der Waals surface area contributed by atoms with Gasteiger partial charge in [-0.1, -0.05) is 25.1 Å². The van der Waals surface area contributed by atoms with Gasteiger partial charge < -0.3 is 19.1 Å². The fourth-order valence-corrected chi connectivity index (χ4v) is 5.73. The van der Waals surface area contributed by atoms with E-state index in [-0.39, 0.29) is 5.83 Å². The average Bonchev–Trinajstić information content (AvgIpc) is 3.47. The number of hydrogen-bond acceptors (Lipinski definition) is 8. The molecule has 3 aromatic heterocycles. The maximum absolute atomic E-state index is 13.7. The molecule has 0 atom stereocenters. The van der Waals surface area contributed by atoms with Crippen LogP contribution in [0.4, 0.5) is 10.2 Å². The van der Waals surface area contributed by atoms with Crippen molar-refractivity contribution in [3.05, 3.63) is 60.1 Å². The van der Waals surface area contributed by atoms with Crippen molar-refractivity contribution in [1.29, 1.82) is 0 Å². The van der Waals surface area contributed by atoms with Gasteiger partial charge in [-0.3, -0.25) is 9.47 Å². The second kappa shape index (κ2) is 9.73. The van der Waals surface area contributed by atoms with Gasteiger partial charge in [0.05, 0.1) is 36.8 Å². The Hall–Kier alpha value is -3.83. The summed E-state index contributed by atoms with van der Waals surface area (Å²) < 4.78 is 23.5. The molecule has 10 nitrogen and oxygen atoms in total. The number of hydrogen-bond donors (Lipinski definition) is 0. The number of aromatic nitrogens is 6. The summed E-state index contributed by atoms with van der Waals surface area (Å²) in [5.41, 5.74) is 3.54. The number of fused-ring (bicyclic) bond motifs is 2. The predicted octanol–water partition coefficient (Wildman–Crippen LogP) is 2.97. The van der Waals surface area contributed by atoms with E-state index < -0.39 is 0 Å². The maximum atomic E-state index is 13.7. The minimum absolute atomic E-state index is 0.183. The second-order valence-electron chi connectivity index (χ2n) is 10.4. The van der Waals surface area contributed by atoms with Gasteiger partial charge in [-0.15, -0.1) is 0 Å². The highest BCUT2D eigenvalue weighted by Crippen LogP contribution is 2.29. The van der Waals surface area contributed by atoms with Crippen LogP contribution in [-0.2, 0) is 24.8 Å². The molecule has 4 aromatic rings. The molecule has 0 spiro atoms. The lowest BCUT2D eigenvalue weighted by atomic mass is 10.1. The number of halogens is 1. The number of allylic oxidation sites excluding steroid dienone is 2. The zero-order valence-corrected chi connectivity index (χ0v) is 22.3. The summed E-state index contributed by atoms with van der Waals surface area (Å²) in [5, 5.41) is 0. The fourth-order valence-electron chi connectivity index (χ4n) is 5.73. The molecule has 1 aromatic carbocycles. The molecule has 11 heteroatoms. The van der Waals surface area contributed by atoms with Crippen LogP contribution in [0.15, 0.2) is 48.4 Å². The largest absolute Gasteiger partial charge is 0.378 e. The molecule has 0 bridgehead atoms. The summed E-state index contributed by atoms with van der Waals surface area (Å²) >= 11 is 0. The van der Waals surface area contributed by atoms with E-state index in [1.807, 2.05) is 31.3 Å². The van der Waals surface area contributed by atoms with Crippen molar-refractivity contribution in [1.82, 2.24) is 38.9 Å². The van der Waals surface area contributed by atoms with Crippen LogP contribution in [-0.4, -0.2) is 90.8 Å². The molecule has 7 rings (SSSR count). The van der Waals surface area contributed by atoms with Gasteiger partial charge in [0.25, 0.3) is 0 Å². The van der Waals surface area contributed by atoms with Gasteiger partial charge in [-0.2, -0.15) is 9.97 Å². The Morgan fingerprint density at radius 3 is 2.64 bits per heavy atom. The van der Waals surface area contributed by atoms with E-state index in [0.29, 0.717) is 31.7 Å². The Morgan fingerprint density at radius 1 is 1.03 bits per heavy atom. The van der Waals surface area contributed by atoms with E-state index in [1.54, 1.807) is 6.20 Å². The summed E-state index contributed by atoms with van der Waals surface area (Å²) in [6.45, 7) is 8.12. The summed E-state index contributed by atoms with van der Waals surface area (Å²) in [4.78, 5) is 26.8. The average molecular weight is 530 g/mol. The highest BCUT2D eigenvalue weighted by Gasteiger charge is 2.32. The number of benzene rings is 1. The van der Waals surface area contributed by atoms with Crippen LogP contribution in [0, 0.1) is 0 Å². The summed E-state index contributed by atoms with van der Waals surface area (Å²) in [6, 6.07) is 8.43. The summed E-state index contributed by atoms with van der Waals surface area (Å²) in [5.74, 6) is 3.13. The van der Waals surface area contributed by atoms with Gasteiger partial charge in [-0.25, -0.2) is 14.4 Å². The first-order valence-corrected chi connectivity index (χ1v) is 13.6. The molecule has 0 unspecified atom stereocenters. The third-order valence-corrected chi connectivity index (χ3v) is 7.89. The number of nitrogens with zero attached hydrogens (tertiary/aromatic N) is 9. The molecule has 39 heavy (non-hydrogen) atoms. The summed E-state index contributed by atoms with van der Waals surface area (Å²) in [7, 11) is 2.03. The van der Waals surface area contributed by atoms with Crippen LogP contribution in [0.1, 0.15) is 18.6 Å². The van der Waals surface area contributed by atoms with E-state index in [4.69, 9.17) is 24.7 Å². The molecule has 0 aliphatic carbocycles. The molecule has 0 amide bonds. The molecular formula is C28H32FN9O. The van der Waals surface area contributed by atoms with Crippen LogP contribution in [0.5, 0.6) is 0 Å². The lowest BCUT2D eigenvalue weighted by molar-refractivity contribution is 0.0561. The number of imidazole rings is 2. The van der Waals surface area contributed by atoms with Gasteiger partial charge in [0.2, 0.25) is 5.95 Å². The number of likely N-dealkylation sites (tertiary alicyclic amines) is 1. The van der Waals surface area contributed by atoms with Gasteiger partial charge in [0.1, 0.15) is 17.5 Å². The molecule has 0 radical (unpaired) electrons. The third-order valence-electron chi connectivity index (χ3n) is 7.89. The van der Waals surface area contributed by atoms with Crippen molar-refractivity contribution in [3.63, 3.8) is 0 Å². The first kappa shape index (κ1) is 24.2. The fraction of sp³-hybridized carbons (Fsp3) is 0.429. The lowest BCUT2D eigenvalue weighted by Crippen LogP contribution is -2.57. The van der Waals surface area contributed by atoms with E-state index >= 15 is 0 Å². The smallest absolute Gasteiger partial charge is 0.239 e. The molecule has 202 valence electrons. The van der Waals surface area contributed by atoms with Crippen molar-refractivity contribution in [2.75, 3.05) is 50.8 Å². The number of anilines is 1. The van der Waals surface area contributed by atoms with Gasteiger partial charge in [0, 0.05) is 52.4 Å². The van der Waals surface area contributed by atoms with Gasteiger partial charge in [0.15, 0.2) is 17.0 Å². The SMILES string of the molecule is CCc1nc2ccccc2n1-c1nc(N2CCOCC2)c2nc(CN3CC(N4C=C(F)C=CC4)C3)n(C)c2n1. The normalized spacial score (nSPS) is 18.8. The van der Waals surface area contributed by atoms with E-state index in [1.165, 1.54) is 6.08 Å². The predicted molar refractivity (Wildman–Crippen MR) is 147 cm³/mol. The monoisotopic (exact) mass is 529 g/mol. The van der Waals surface area contributed by atoms with E-state index in [9.17, 15) is 4.39 Å². The van der Waals surface area contributed by atoms with Crippen LogP contribution < -0.4 is 4.90 Å². The zero-order chi connectivity index (χ0) is 26.5. The van der Waals surface area contributed by atoms with Crippen molar-refractivity contribution in [3.8, 4) is 5.95 Å². The Kier molecular flexibility index (Phi) is 6.04. The quantitative estimate of drug-likeness (QED) is 0.377. The Morgan fingerprint density at radius 2 is 1.85 bits per heavy atom. The zero-order valence-electron chi connectivity index (χ0n) is 22.3. The third kappa shape index (κ3) is 4.25. The Labute approximate surface area is 226 Å². The van der Waals surface area contributed by atoms with Crippen LogP contribution in [0.25, 0.3) is 28.1 Å². The van der Waals surface area contributed by atoms with Gasteiger partial charge in [-0.05, 0) is 18.2 Å². The molecule has 3 aliphatic rings. The minimum atomic E-state index is -0.183. The van der Waals surface area contributed by atoms with E-state index in [2.05, 4.69) is 36.8 Å². The first-order valence-electron chi connectivity index (χ1n) is 13.6. The molecular weight excluding hydrogens is 497 g/mol. The molecule has 0 N–H and O–H groups in total. The molecule has 2 fully saturated rings. The standard InChI is InChI=1S/C28H32FN9O/c1-3-23-30-21-8-4-5-9-22(21)38(23)28-32-26-25(27(33-28)36-11-13-39-14-12-36)31-24(34(26)2)18-35-16-20(17-35)37-10-6-7-19(29)15-37/h4-9,15,20H,3,10-14,16-18H2,1-2H3. The topological polar surface area (TPSA) is 80.4 Å². The summed E-state index contributed by atoms with van der Waals surface area (Å²) in [6.07, 6.45) is 5.79. The Balaban J connectivity index is 1.26. The van der Waals surface area contributed by atoms with Crippen molar-refractivity contribution >= 4 is 28.0 Å². The number of rotatable bonds is 6. The van der Waals surface area contributed by atoms with Crippen molar-refractivity contribution in [2.24, 2.45) is 7.05 Å². The minimum Gasteiger partial charge on any atom is -0.378 e. The highest BCUT2D eigenvalue weighted by atomic mass is 19.1. The molecule has 3 aliphatic heterocycles. The lowest BCUT2D eigenvalue weighted by Gasteiger charge is -2.45. The Bertz CT molecular complexity index is 1590. The van der Waals surface area contributed by atoms with Gasteiger partial charge >= 0.3 is 0 Å². The van der Waals surface area contributed by atoms with Crippen LogP contribution >= 0.6 is 0 Å². The number of aryl methyl sites for hydroxylation is 2. The number of ether oxygens (including phenoxy) is 1. The van der Waals surface area contributed by atoms with Crippen molar-refractivity contribution < 1.29 is 9.13 Å². The maximum Gasteiger partial charge on any atom is 0.239 e. The first-order chi connectivity index (χ1) is 19.1. The molecule has 2 saturated heterocycles. The van der Waals surface area contributed by atoms with Crippen LogP contribution in [0.3, 0.4) is 0 Å². The number of para-hydroxylation sites is 2.